The lowest BCUT2D eigenvalue weighted by Crippen LogP contribution is -2.47. The largest absolute Gasteiger partial charge is 0.335 e. The summed E-state index contributed by atoms with van der Waals surface area (Å²) in [6, 6.07) is 21.6. The van der Waals surface area contributed by atoms with Crippen molar-refractivity contribution in [1.82, 2.24) is 14.8 Å². The van der Waals surface area contributed by atoms with Gasteiger partial charge in [0, 0.05) is 49.6 Å². The summed E-state index contributed by atoms with van der Waals surface area (Å²) in [6.45, 7) is 3.22. The number of benzene rings is 2. The van der Waals surface area contributed by atoms with Crippen molar-refractivity contribution in [2.45, 2.75) is 38.4 Å². The van der Waals surface area contributed by atoms with Crippen molar-refractivity contribution in [2.24, 2.45) is 0 Å². The molecule has 1 fully saturated rings. The highest BCUT2D eigenvalue weighted by molar-refractivity contribution is 6.30. The van der Waals surface area contributed by atoms with E-state index in [9.17, 15) is 4.79 Å². The molecule has 0 saturated carbocycles. The first kappa shape index (κ1) is 23.0. The molecule has 1 aromatic heterocycles. The highest BCUT2D eigenvalue weighted by atomic mass is 35.5. The van der Waals surface area contributed by atoms with Crippen molar-refractivity contribution >= 4 is 17.5 Å². The van der Waals surface area contributed by atoms with Crippen LogP contribution in [0.3, 0.4) is 0 Å². The minimum absolute atomic E-state index is 0.126. The van der Waals surface area contributed by atoms with Crippen molar-refractivity contribution in [3.63, 3.8) is 0 Å². The number of nitrogens with zero attached hydrogens (tertiary/aromatic N) is 4. The van der Waals surface area contributed by atoms with Gasteiger partial charge in [0.15, 0.2) is 0 Å². The van der Waals surface area contributed by atoms with Gasteiger partial charge in [-0.1, -0.05) is 41.9 Å². The molecule has 0 radical (unpaired) electrons. The van der Waals surface area contributed by atoms with Gasteiger partial charge < -0.3 is 4.90 Å². The number of carbonyl (C=O) groups excluding carboxylic acids is 1. The number of rotatable bonds is 7. The van der Waals surface area contributed by atoms with E-state index in [-0.39, 0.29) is 11.9 Å². The first-order valence-corrected chi connectivity index (χ1v) is 11.6. The van der Waals surface area contributed by atoms with Crippen LogP contribution in [0.2, 0.25) is 5.02 Å². The second-order valence-electron chi connectivity index (χ2n) is 8.51. The standard InChI is InChI=1S/C27H27ClN4O/c28-25-8-6-21(7-9-25)16-27(33)32(20-24-5-2-12-30-18-24)26-10-13-31(14-11-26)19-23-4-1-3-22(15-23)17-29/h1-9,12,15,18,26H,10-11,13-14,16,19-20H2. The molecule has 168 valence electrons. The molecule has 6 heteroatoms. The van der Waals surface area contributed by atoms with Gasteiger partial charge in [-0.25, -0.2) is 0 Å². The summed E-state index contributed by atoms with van der Waals surface area (Å²) in [6.07, 6.45) is 5.79. The number of hydrogen-bond acceptors (Lipinski definition) is 4. The van der Waals surface area contributed by atoms with Gasteiger partial charge in [0.2, 0.25) is 5.91 Å². The van der Waals surface area contributed by atoms with Gasteiger partial charge in [-0.05, 0) is 59.9 Å². The van der Waals surface area contributed by atoms with Gasteiger partial charge in [-0.15, -0.1) is 0 Å². The lowest BCUT2D eigenvalue weighted by atomic mass is 10.00. The average Bonchev–Trinajstić information content (AvgIpc) is 2.85. The number of hydrogen-bond donors (Lipinski definition) is 0. The van der Waals surface area contributed by atoms with E-state index in [1.54, 1.807) is 6.20 Å². The van der Waals surface area contributed by atoms with E-state index in [2.05, 4.69) is 22.0 Å². The average molecular weight is 459 g/mol. The number of nitriles is 1. The van der Waals surface area contributed by atoms with Crippen LogP contribution in [0.25, 0.3) is 0 Å². The van der Waals surface area contributed by atoms with Crippen molar-refractivity contribution < 1.29 is 4.79 Å². The van der Waals surface area contributed by atoms with Gasteiger partial charge in [0.25, 0.3) is 0 Å². The second-order valence-corrected chi connectivity index (χ2v) is 8.94. The van der Waals surface area contributed by atoms with Crippen LogP contribution in [-0.4, -0.2) is 39.8 Å². The molecule has 1 aliphatic heterocycles. The van der Waals surface area contributed by atoms with Crippen LogP contribution < -0.4 is 0 Å². The molecular formula is C27H27ClN4O. The second kappa shape index (κ2) is 11.1. The topological polar surface area (TPSA) is 60.2 Å². The van der Waals surface area contributed by atoms with Crippen LogP contribution in [0.15, 0.2) is 73.1 Å². The lowest BCUT2D eigenvalue weighted by Gasteiger charge is -2.39. The highest BCUT2D eigenvalue weighted by Gasteiger charge is 2.28. The Balaban J connectivity index is 1.42. The molecule has 1 saturated heterocycles. The summed E-state index contributed by atoms with van der Waals surface area (Å²) in [4.78, 5) is 22.0. The van der Waals surface area contributed by atoms with Crippen molar-refractivity contribution in [3.05, 3.63) is 100 Å². The molecule has 2 heterocycles. The first-order valence-electron chi connectivity index (χ1n) is 11.2. The van der Waals surface area contributed by atoms with Crippen molar-refractivity contribution in [3.8, 4) is 6.07 Å². The number of carbonyl (C=O) groups is 1. The van der Waals surface area contributed by atoms with Crippen LogP contribution >= 0.6 is 11.6 Å². The zero-order valence-electron chi connectivity index (χ0n) is 18.5. The number of piperidine rings is 1. The molecule has 1 aliphatic rings. The zero-order valence-corrected chi connectivity index (χ0v) is 19.3. The maximum absolute atomic E-state index is 13.4. The Kier molecular flexibility index (Phi) is 7.72. The van der Waals surface area contributed by atoms with Crippen LogP contribution in [-0.2, 0) is 24.3 Å². The van der Waals surface area contributed by atoms with E-state index in [0.717, 1.165) is 49.2 Å². The fourth-order valence-corrected chi connectivity index (χ4v) is 4.50. The maximum atomic E-state index is 13.4. The smallest absolute Gasteiger partial charge is 0.227 e. The molecule has 2 aromatic carbocycles. The Labute approximate surface area is 200 Å². The number of pyridine rings is 1. The summed E-state index contributed by atoms with van der Waals surface area (Å²) in [7, 11) is 0. The molecule has 0 atom stereocenters. The first-order chi connectivity index (χ1) is 16.1. The van der Waals surface area contributed by atoms with E-state index in [1.165, 1.54) is 0 Å². The summed E-state index contributed by atoms with van der Waals surface area (Å²) in [5, 5.41) is 9.82. The lowest BCUT2D eigenvalue weighted by molar-refractivity contribution is -0.134. The number of likely N-dealkylation sites (tertiary alicyclic amines) is 1. The van der Waals surface area contributed by atoms with Gasteiger partial charge in [0.05, 0.1) is 18.1 Å². The Hall–Kier alpha value is -3.20. The highest BCUT2D eigenvalue weighted by Crippen LogP contribution is 2.22. The summed E-state index contributed by atoms with van der Waals surface area (Å²) in [5.41, 5.74) is 3.85. The van der Waals surface area contributed by atoms with Crippen LogP contribution in [0, 0.1) is 11.3 Å². The predicted molar refractivity (Wildman–Crippen MR) is 129 cm³/mol. The summed E-state index contributed by atoms with van der Waals surface area (Å²) in [5.74, 6) is 0.126. The fraction of sp³-hybridized carbons (Fsp3) is 0.296. The molecule has 0 unspecified atom stereocenters. The molecule has 0 bridgehead atoms. The molecule has 3 aromatic rings. The van der Waals surface area contributed by atoms with Crippen LogP contribution in [0.4, 0.5) is 0 Å². The van der Waals surface area contributed by atoms with Crippen molar-refractivity contribution in [2.75, 3.05) is 13.1 Å². The van der Waals surface area contributed by atoms with E-state index < -0.39 is 0 Å². The Bertz CT molecular complexity index is 1100. The molecule has 4 rings (SSSR count). The fourth-order valence-electron chi connectivity index (χ4n) is 4.37. The van der Waals surface area contributed by atoms with Gasteiger partial charge in [0.1, 0.15) is 0 Å². The van der Waals surface area contributed by atoms with E-state index in [1.807, 2.05) is 65.7 Å². The number of aromatic nitrogens is 1. The van der Waals surface area contributed by atoms with Gasteiger partial charge in [-0.3, -0.25) is 14.7 Å². The van der Waals surface area contributed by atoms with Crippen molar-refractivity contribution in [1.29, 1.82) is 5.26 Å². The third-order valence-corrected chi connectivity index (χ3v) is 6.38. The summed E-state index contributed by atoms with van der Waals surface area (Å²) < 4.78 is 0. The van der Waals surface area contributed by atoms with Gasteiger partial charge in [-0.2, -0.15) is 5.26 Å². The molecule has 5 nitrogen and oxygen atoms in total. The van der Waals surface area contributed by atoms with Crippen LogP contribution in [0.5, 0.6) is 0 Å². The molecule has 0 aliphatic carbocycles. The number of halogens is 1. The zero-order chi connectivity index (χ0) is 23.0. The van der Waals surface area contributed by atoms with E-state index >= 15 is 0 Å². The van der Waals surface area contributed by atoms with E-state index in [4.69, 9.17) is 16.9 Å². The third kappa shape index (κ3) is 6.41. The van der Waals surface area contributed by atoms with E-state index in [0.29, 0.717) is 23.6 Å². The quantitative estimate of drug-likeness (QED) is 0.508. The molecule has 0 spiro atoms. The molecule has 33 heavy (non-hydrogen) atoms. The summed E-state index contributed by atoms with van der Waals surface area (Å²) >= 11 is 6.01. The van der Waals surface area contributed by atoms with Crippen LogP contribution in [0.1, 0.15) is 35.1 Å². The maximum Gasteiger partial charge on any atom is 0.227 e. The Morgan fingerprint density at radius 3 is 2.52 bits per heavy atom. The van der Waals surface area contributed by atoms with Gasteiger partial charge >= 0.3 is 0 Å². The molecule has 0 N–H and O–H groups in total. The minimum Gasteiger partial charge on any atom is -0.335 e. The molecule has 1 amide bonds. The minimum atomic E-state index is 0.126. The monoisotopic (exact) mass is 458 g/mol. The molecular weight excluding hydrogens is 432 g/mol. The third-order valence-electron chi connectivity index (χ3n) is 6.12. The Morgan fingerprint density at radius 2 is 1.82 bits per heavy atom. The normalized spacial score (nSPS) is 14.5. The SMILES string of the molecule is N#Cc1cccc(CN2CCC(N(Cc3cccnc3)C(=O)Cc3ccc(Cl)cc3)CC2)c1. The predicted octanol–water partition coefficient (Wildman–Crippen LogP) is 4.84. The Morgan fingerprint density at radius 1 is 1.06 bits per heavy atom. The number of amides is 1.